The van der Waals surface area contributed by atoms with E-state index in [1.54, 1.807) is 0 Å². The molecule has 0 bridgehead atoms. The zero-order valence-electron chi connectivity index (χ0n) is 16.7. The van der Waals surface area contributed by atoms with Crippen LogP contribution in [0.5, 0.6) is 0 Å². The minimum atomic E-state index is -0.271. The Morgan fingerprint density at radius 3 is 2.33 bits per heavy atom. The molecule has 0 heterocycles. The average Bonchev–Trinajstić information content (AvgIpc) is 2.46. The van der Waals surface area contributed by atoms with Gasteiger partial charge in [-0.3, -0.25) is 0 Å². The maximum atomic E-state index is 11.3. The van der Waals surface area contributed by atoms with Crippen molar-refractivity contribution in [2.45, 2.75) is 80.1 Å². The van der Waals surface area contributed by atoms with Gasteiger partial charge in [0.15, 0.2) is 0 Å². The first kappa shape index (κ1) is 22.7. The molecule has 0 saturated carbocycles. The summed E-state index contributed by atoms with van der Waals surface area (Å²) in [5.41, 5.74) is 2.31. The maximum Gasteiger partial charge on any atom is 0.330 e. The fraction of sp³-hybridized carbons (Fsp3) is 0.682. The summed E-state index contributed by atoms with van der Waals surface area (Å²) in [7, 11) is 0. The molecular formula is C22H38O2. The van der Waals surface area contributed by atoms with Crippen LogP contribution in [-0.4, -0.2) is 12.6 Å². The van der Waals surface area contributed by atoms with Crippen LogP contribution in [0.25, 0.3) is 0 Å². The fourth-order valence-corrected chi connectivity index (χ4v) is 2.61. The molecule has 0 aliphatic carbocycles. The molecule has 0 fully saturated rings. The summed E-state index contributed by atoms with van der Waals surface area (Å²) in [6.07, 6.45) is 15.5. The van der Waals surface area contributed by atoms with Gasteiger partial charge in [-0.2, -0.15) is 0 Å². The summed E-state index contributed by atoms with van der Waals surface area (Å²) in [5.74, 6) is 1.39. The molecule has 1 atom stereocenters. The highest BCUT2D eigenvalue weighted by Crippen LogP contribution is 2.19. The lowest BCUT2D eigenvalue weighted by atomic mass is 9.94. The van der Waals surface area contributed by atoms with Crippen LogP contribution in [0.2, 0.25) is 0 Å². The van der Waals surface area contributed by atoms with E-state index in [2.05, 4.69) is 33.8 Å². The van der Waals surface area contributed by atoms with Crippen LogP contribution in [0.1, 0.15) is 80.1 Å². The summed E-state index contributed by atoms with van der Waals surface area (Å²) in [6.45, 7) is 13.3. The zero-order chi connectivity index (χ0) is 18.4. The Balaban J connectivity index is 4.02. The second kappa shape index (κ2) is 14.1. The molecule has 1 unspecified atom stereocenters. The van der Waals surface area contributed by atoms with E-state index in [1.807, 2.05) is 26.0 Å². The topological polar surface area (TPSA) is 26.3 Å². The van der Waals surface area contributed by atoms with Gasteiger partial charge in [-0.05, 0) is 51.0 Å². The van der Waals surface area contributed by atoms with Gasteiger partial charge in [0.05, 0.1) is 6.61 Å². The van der Waals surface area contributed by atoms with Crippen LogP contribution in [0.4, 0.5) is 0 Å². The van der Waals surface area contributed by atoms with Crippen molar-refractivity contribution in [1.29, 1.82) is 0 Å². The predicted molar refractivity (Wildman–Crippen MR) is 105 cm³/mol. The third-order valence-electron chi connectivity index (χ3n) is 4.12. The minimum absolute atomic E-state index is 0.271. The second-order valence-corrected chi connectivity index (χ2v) is 7.33. The molecule has 24 heavy (non-hydrogen) atoms. The normalized spacial score (nSPS) is 14.5. The number of carbonyl (C=O) groups excluding carboxylic acids is 1. The first-order valence-electron chi connectivity index (χ1n) is 9.54. The molecule has 0 aromatic heterocycles. The van der Waals surface area contributed by atoms with Crippen molar-refractivity contribution >= 4 is 5.97 Å². The van der Waals surface area contributed by atoms with Crippen LogP contribution in [0, 0.1) is 11.8 Å². The molecule has 0 amide bonds. The number of hydrogen-bond acceptors (Lipinski definition) is 2. The summed E-state index contributed by atoms with van der Waals surface area (Å²) in [6, 6.07) is 0. The van der Waals surface area contributed by atoms with Gasteiger partial charge in [0.1, 0.15) is 0 Å². The van der Waals surface area contributed by atoms with E-state index < -0.39 is 0 Å². The molecule has 138 valence electrons. The van der Waals surface area contributed by atoms with Gasteiger partial charge in [-0.25, -0.2) is 4.79 Å². The molecule has 2 nitrogen and oxygen atoms in total. The molecule has 0 aromatic carbocycles. The van der Waals surface area contributed by atoms with Gasteiger partial charge >= 0.3 is 5.97 Å². The van der Waals surface area contributed by atoms with Crippen LogP contribution in [0.15, 0.2) is 35.5 Å². The van der Waals surface area contributed by atoms with Crippen molar-refractivity contribution in [2.24, 2.45) is 11.8 Å². The highest BCUT2D eigenvalue weighted by Gasteiger charge is 2.03. The fourth-order valence-electron chi connectivity index (χ4n) is 2.61. The molecule has 0 saturated heterocycles. The molecule has 0 radical (unpaired) electrons. The molecule has 0 aromatic rings. The molecule has 0 aliphatic rings. The summed E-state index contributed by atoms with van der Waals surface area (Å²) < 4.78 is 4.89. The zero-order valence-corrected chi connectivity index (χ0v) is 16.7. The van der Waals surface area contributed by atoms with Crippen LogP contribution < -0.4 is 0 Å². The Morgan fingerprint density at radius 2 is 1.71 bits per heavy atom. The molecular weight excluding hydrogens is 296 g/mol. The van der Waals surface area contributed by atoms with Crippen molar-refractivity contribution in [1.82, 2.24) is 0 Å². The van der Waals surface area contributed by atoms with E-state index in [4.69, 9.17) is 4.74 Å². The minimum Gasteiger partial charge on any atom is -0.463 e. The number of ether oxygens (including phenoxy) is 1. The third-order valence-corrected chi connectivity index (χ3v) is 4.12. The predicted octanol–water partition coefficient (Wildman–Crippen LogP) is 6.63. The number of rotatable bonds is 12. The van der Waals surface area contributed by atoms with Crippen molar-refractivity contribution in [2.75, 3.05) is 6.61 Å². The first-order valence-corrected chi connectivity index (χ1v) is 9.54. The summed E-state index contributed by atoms with van der Waals surface area (Å²) in [5, 5.41) is 0. The van der Waals surface area contributed by atoms with Gasteiger partial charge in [0.2, 0.25) is 0 Å². The number of allylic oxidation sites excluding steroid dienone is 5. The Kier molecular flexibility index (Phi) is 13.3. The maximum absolute atomic E-state index is 11.3. The number of carbonyl (C=O) groups is 1. The second-order valence-electron chi connectivity index (χ2n) is 7.33. The molecule has 2 heteroatoms. The molecule has 0 spiro atoms. The molecule has 0 N–H and O–H groups in total. The monoisotopic (exact) mass is 334 g/mol. The van der Waals surface area contributed by atoms with Gasteiger partial charge < -0.3 is 4.74 Å². The van der Waals surface area contributed by atoms with Gasteiger partial charge in [0.25, 0.3) is 0 Å². The lowest BCUT2D eigenvalue weighted by molar-refractivity contribution is -0.137. The lowest BCUT2D eigenvalue weighted by Gasteiger charge is -2.12. The Labute approximate surface area is 150 Å². The number of esters is 1. The SMILES string of the molecule is CCOC(=O)/C=C(C)/C=C/C=C(\C)CCCC(C)CCCC(C)C. The Bertz CT molecular complexity index is 427. The van der Waals surface area contributed by atoms with Gasteiger partial charge in [-0.15, -0.1) is 0 Å². The Hall–Kier alpha value is -1.31. The highest BCUT2D eigenvalue weighted by molar-refractivity contribution is 5.83. The van der Waals surface area contributed by atoms with Crippen LogP contribution >= 0.6 is 0 Å². The quantitative estimate of drug-likeness (QED) is 0.227. The number of hydrogen-bond donors (Lipinski definition) is 0. The van der Waals surface area contributed by atoms with Crippen molar-refractivity contribution in [3.63, 3.8) is 0 Å². The smallest absolute Gasteiger partial charge is 0.330 e. The van der Waals surface area contributed by atoms with Crippen molar-refractivity contribution < 1.29 is 9.53 Å². The highest BCUT2D eigenvalue weighted by atomic mass is 16.5. The van der Waals surface area contributed by atoms with Gasteiger partial charge in [0, 0.05) is 6.08 Å². The largest absolute Gasteiger partial charge is 0.463 e. The molecule has 0 rings (SSSR count). The van der Waals surface area contributed by atoms with Crippen LogP contribution in [-0.2, 0) is 9.53 Å². The van der Waals surface area contributed by atoms with E-state index >= 15 is 0 Å². The van der Waals surface area contributed by atoms with E-state index in [1.165, 1.54) is 43.8 Å². The van der Waals surface area contributed by atoms with Gasteiger partial charge in [-0.1, -0.05) is 70.3 Å². The first-order chi connectivity index (χ1) is 11.3. The molecule has 0 aliphatic heterocycles. The van der Waals surface area contributed by atoms with E-state index in [0.717, 1.165) is 23.8 Å². The van der Waals surface area contributed by atoms with Crippen molar-refractivity contribution in [3.8, 4) is 0 Å². The lowest BCUT2D eigenvalue weighted by Crippen LogP contribution is -1.99. The summed E-state index contributed by atoms with van der Waals surface area (Å²) in [4.78, 5) is 11.3. The average molecular weight is 335 g/mol. The Morgan fingerprint density at radius 1 is 1.04 bits per heavy atom. The third kappa shape index (κ3) is 14.3. The van der Waals surface area contributed by atoms with Crippen LogP contribution in [0.3, 0.4) is 0 Å². The van der Waals surface area contributed by atoms with E-state index in [-0.39, 0.29) is 5.97 Å². The van der Waals surface area contributed by atoms with E-state index in [9.17, 15) is 4.79 Å². The summed E-state index contributed by atoms with van der Waals surface area (Å²) >= 11 is 0. The standard InChI is InChI=1S/C22H38O2/c1-7-24-22(23)17-21(6)16-10-15-20(5)14-9-13-19(4)12-8-11-18(2)3/h10,15-19H,7-9,11-14H2,1-6H3/b16-10+,20-15+,21-17+. The van der Waals surface area contributed by atoms with E-state index in [0.29, 0.717) is 6.61 Å². The van der Waals surface area contributed by atoms with Crippen molar-refractivity contribution in [3.05, 3.63) is 35.5 Å².